The summed E-state index contributed by atoms with van der Waals surface area (Å²) in [6.07, 6.45) is 3.99. The van der Waals surface area contributed by atoms with E-state index in [1.807, 2.05) is 0 Å². The molecule has 1 unspecified atom stereocenters. The zero-order valence-electron chi connectivity index (χ0n) is 14.2. The molecule has 3 nitrogen and oxygen atoms in total. The Hall–Kier alpha value is -0.120. The molecule has 0 radical (unpaired) electrons. The third kappa shape index (κ3) is 4.19. The molecule has 20 heavy (non-hydrogen) atoms. The molecule has 2 fully saturated rings. The predicted molar refractivity (Wildman–Crippen MR) is 85.1 cm³/mol. The molecule has 2 aliphatic rings. The van der Waals surface area contributed by atoms with Gasteiger partial charge in [-0.05, 0) is 51.9 Å². The van der Waals surface area contributed by atoms with Crippen LogP contribution in [-0.4, -0.2) is 48.8 Å². The first-order valence-electron chi connectivity index (χ1n) is 8.41. The lowest BCUT2D eigenvalue weighted by atomic mass is 9.86. The third-order valence-electron chi connectivity index (χ3n) is 5.04. The fraction of sp³-hybridized carbons (Fsp3) is 1.00. The summed E-state index contributed by atoms with van der Waals surface area (Å²) in [5.74, 6) is 1.63. The number of rotatable bonds is 7. The smallest absolute Gasteiger partial charge is 0.0593 e. The van der Waals surface area contributed by atoms with Crippen LogP contribution in [0.5, 0.6) is 0 Å². The van der Waals surface area contributed by atoms with E-state index in [9.17, 15) is 0 Å². The van der Waals surface area contributed by atoms with Crippen LogP contribution in [0.15, 0.2) is 0 Å². The van der Waals surface area contributed by atoms with Gasteiger partial charge in [0.1, 0.15) is 0 Å². The van der Waals surface area contributed by atoms with Crippen LogP contribution < -0.4 is 5.32 Å². The van der Waals surface area contributed by atoms with E-state index >= 15 is 0 Å². The van der Waals surface area contributed by atoms with Gasteiger partial charge in [0.2, 0.25) is 0 Å². The van der Waals surface area contributed by atoms with E-state index in [0.29, 0.717) is 5.54 Å². The zero-order chi connectivity index (χ0) is 14.8. The van der Waals surface area contributed by atoms with Gasteiger partial charge >= 0.3 is 0 Å². The Labute approximate surface area is 125 Å². The Morgan fingerprint density at radius 2 is 1.90 bits per heavy atom. The Morgan fingerprint density at radius 1 is 1.20 bits per heavy atom. The molecule has 0 bridgehead atoms. The van der Waals surface area contributed by atoms with Crippen LogP contribution in [0, 0.1) is 11.8 Å². The highest BCUT2D eigenvalue weighted by Gasteiger charge is 2.49. The minimum Gasteiger partial charge on any atom is -0.380 e. The minimum atomic E-state index is 0.229. The molecular formula is C17H34N2O. The number of hydrogen-bond acceptors (Lipinski definition) is 3. The maximum atomic E-state index is 5.85. The fourth-order valence-electron chi connectivity index (χ4n) is 3.28. The van der Waals surface area contributed by atoms with Crippen molar-refractivity contribution in [3.05, 3.63) is 0 Å². The monoisotopic (exact) mass is 282 g/mol. The summed E-state index contributed by atoms with van der Waals surface area (Å²) in [7, 11) is 0. The summed E-state index contributed by atoms with van der Waals surface area (Å²) in [6, 6.07) is 0. The van der Waals surface area contributed by atoms with Crippen LogP contribution >= 0.6 is 0 Å². The van der Waals surface area contributed by atoms with Gasteiger partial charge in [0.15, 0.2) is 0 Å². The number of nitrogens with one attached hydrogen (secondary N) is 1. The highest BCUT2D eigenvalue weighted by molar-refractivity contribution is 5.06. The maximum absolute atomic E-state index is 5.85. The van der Waals surface area contributed by atoms with Crippen molar-refractivity contribution in [1.29, 1.82) is 0 Å². The van der Waals surface area contributed by atoms with Crippen LogP contribution in [0.3, 0.4) is 0 Å². The second-order valence-electron chi connectivity index (χ2n) is 8.09. The summed E-state index contributed by atoms with van der Waals surface area (Å²) in [5.41, 5.74) is 0.573. The first kappa shape index (κ1) is 16.3. The molecule has 0 aromatic heterocycles. The molecule has 1 saturated carbocycles. The topological polar surface area (TPSA) is 24.5 Å². The van der Waals surface area contributed by atoms with Crippen molar-refractivity contribution in [2.45, 2.75) is 65.0 Å². The SMILES string of the molecule is CC(C)CCOCCN1CC(C)(C)NCC1(C)C1CC1. The lowest BCUT2D eigenvalue weighted by molar-refractivity contribution is -0.0111. The number of piperazine rings is 1. The van der Waals surface area contributed by atoms with Gasteiger partial charge in [-0.2, -0.15) is 0 Å². The number of ether oxygens (including phenoxy) is 1. The predicted octanol–water partition coefficient (Wildman–Crippen LogP) is 2.90. The van der Waals surface area contributed by atoms with Crippen molar-refractivity contribution >= 4 is 0 Å². The number of hydrogen-bond donors (Lipinski definition) is 1. The van der Waals surface area contributed by atoms with Crippen LogP contribution in [0.4, 0.5) is 0 Å². The van der Waals surface area contributed by atoms with Gasteiger partial charge in [0.05, 0.1) is 6.61 Å². The fourth-order valence-corrected chi connectivity index (χ4v) is 3.28. The molecule has 2 rings (SSSR count). The molecule has 1 heterocycles. The highest BCUT2D eigenvalue weighted by Crippen LogP contribution is 2.44. The first-order valence-corrected chi connectivity index (χ1v) is 8.41. The molecule has 118 valence electrons. The van der Waals surface area contributed by atoms with Crippen molar-refractivity contribution in [1.82, 2.24) is 10.2 Å². The summed E-state index contributed by atoms with van der Waals surface area (Å²) in [4.78, 5) is 2.69. The minimum absolute atomic E-state index is 0.229. The van der Waals surface area contributed by atoms with Crippen molar-refractivity contribution in [3.63, 3.8) is 0 Å². The second kappa shape index (κ2) is 6.33. The summed E-state index contributed by atoms with van der Waals surface area (Å²) >= 11 is 0. The van der Waals surface area contributed by atoms with Gasteiger partial charge in [0, 0.05) is 37.3 Å². The van der Waals surface area contributed by atoms with Gasteiger partial charge in [-0.3, -0.25) is 4.90 Å². The van der Waals surface area contributed by atoms with E-state index in [0.717, 1.165) is 44.7 Å². The maximum Gasteiger partial charge on any atom is 0.0593 e. The van der Waals surface area contributed by atoms with Gasteiger partial charge in [-0.25, -0.2) is 0 Å². The van der Waals surface area contributed by atoms with E-state index in [1.54, 1.807) is 0 Å². The zero-order valence-corrected chi connectivity index (χ0v) is 14.2. The van der Waals surface area contributed by atoms with Crippen molar-refractivity contribution < 1.29 is 4.74 Å². The van der Waals surface area contributed by atoms with E-state index in [-0.39, 0.29) is 5.54 Å². The van der Waals surface area contributed by atoms with Crippen molar-refractivity contribution in [2.75, 3.05) is 32.8 Å². The van der Waals surface area contributed by atoms with Crippen LogP contribution in [-0.2, 0) is 4.74 Å². The van der Waals surface area contributed by atoms with E-state index in [2.05, 4.69) is 44.8 Å². The van der Waals surface area contributed by atoms with E-state index < -0.39 is 0 Å². The molecule has 0 aromatic rings. The second-order valence-corrected chi connectivity index (χ2v) is 8.09. The summed E-state index contributed by atoms with van der Waals surface area (Å²) < 4.78 is 5.85. The summed E-state index contributed by atoms with van der Waals surface area (Å²) in [5, 5.41) is 3.73. The average molecular weight is 282 g/mol. The molecular weight excluding hydrogens is 248 g/mol. The lowest BCUT2D eigenvalue weighted by Gasteiger charge is -2.51. The highest BCUT2D eigenvalue weighted by atomic mass is 16.5. The van der Waals surface area contributed by atoms with Gasteiger partial charge in [0.25, 0.3) is 0 Å². The van der Waals surface area contributed by atoms with Crippen molar-refractivity contribution in [2.24, 2.45) is 11.8 Å². The molecule has 1 N–H and O–H groups in total. The normalized spacial score (nSPS) is 30.9. The lowest BCUT2D eigenvalue weighted by Crippen LogP contribution is -2.68. The molecule has 0 aromatic carbocycles. The van der Waals surface area contributed by atoms with Gasteiger partial charge in [-0.1, -0.05) is 13.8 Å². The number of nitrogens with zero attached hydrogens (tertiary/aromatic N) is 1. The van der Waals surface area contributed by atoms with E-state index in [4.69, 9.17) is 4.74 Å². The van der Waals surface area contributed by atoms with E-state index in [1.165, 1.54) is 19.3 Å². The quantitative estimate of drug-likeness (QED) is 0.727. The van der Waals surface area contributed by atoms with Gasteiger partial charge in [-0.15, -0.1) is 0 Å². The molecule has 1 aliphatic heterocycles. The van der Waals surface area contributed by atoms with Crippen molar-refractivity contribution in [3.8, 4) is 0 Å². The molecule has 3 heteroatoms. The molecule has 1 saturated heterocycles. The largest absolute Gasteiger partial charge is 0.380 e. The Kier molecular flexibility index (Phi) is 5.14. The summed E-state index contributed by atoms with van der Waals surface area (Å²) in [6.45, 7) is 16.7. The third-order valence-corrected chi connectivity index (χ3v) is 5.04. The van der Waals surface area contributed by atoms with Crippen LogP contribution in [0.25, 0.3) is 0 Å². The average Bonchev–Trinajstić information content (AvgIpc) is 3.17. The van der Waals surface area contributed by atoms with Gasteiger partial charge < -0.3 is 10.1 Å². The molecule has 0 amide bonds. The molecule has 0 spiro atoms. The first-order chi connectivity index (χ1) is 9.33. The Morgan fingerprint density at radius 3 is 2.50 bits per heavy atom. The standard InChI is InChI=1S/C17H34N2O/c1-14(2)8-10-20-11-9-19-13-16(3,4)18-12-17(19,5)15-6-7-15/h14-15,18H,6-13H2,1-5H3. The Bertz CT molecular complexity index is 312. The molecule has 1 atom stereocenters. The van der Waals surface area contributed by atoms with Crippen LogP contribution in [0.2, 0.25) is 0 Å². The Balaban J connectivity index is 1.81. The molecule has 1 aliphatic carbocycles. The van der Waals surface area contributed by atoms with Crippen LogP contribution in [0.1, 0.15) is 53.9 Å².